The summed E-state index contributed by atoms with van der Waals surface area (Å²) in [5.74, 6) is 0.873. The Labute approximate surface area is 144 Å². The van der Waals surface area contributed by atoms with Gasteiger partial charge in [0.1, 0.15) is 11.1 Å². The molecule has 3 aromatic rings. The molecule has 0 saturated carbocycles. The van der Waals surface area contributed by atoms with E-state index in [4.69, 9.17) is 0 Å². The van der Waals surface area contributed by atoms with Crippen LogP contribution in [-0.4, -0.2) is 25.9 Å². The largest absolute Gasteiger partial charge is 0.313 e. The summed E-state index contributed by atoms with van der Waals surface area (Å²) < 4.78 is 1.86. The van der Waals surface area contributed by atoms with Gasteiger partial charge in [0.2, 0.25) is 5.16 Å². The highest BCUT2D eigenvalue weighted by Gasteiger charge is 2.37. The van der Waals surface area contributed by atoms with Crippen molar-refractivity contribution >= 4 is 17.5 Å². The van der Waals surface area contributed by atoms with Crippen LogP contribution in [0.3, 0.4) is 0 Å². The van der Waals surface area contributed by atoms with E-state index in [1.165, 1.54) is 11.8 Å². The minimum atomic E-state index is -0.300. The van der Waals surface area contributed by atoms with Gasteiger partial charge in [0.15, 0.2) is 5.78 Å². The molecule has 6 heteroatoms. The van der Waals surface area contributed by atoms with Gasteiger partial charge in [-0.05, 0) is 12.5 Å². The molecule has 2 aromatic carbocycles. The fourth-order valence-corrected chi connectivity index (χ4v) is 4.04. The van der Waals surface area contributed by atoms with Crippen LogP contribution in [0.1, 0.15) is 27.8 Å². The smallest absolute Gasteiger partial charge is 0.210 e. The van der Waals surface area contributed by atoms with Crippen molar-refractivity contribution in [1.29, 1.82) is 0 Å². The summed E-state index contributed by atoms with van der Waals surface area (Å²) in [5.41, 5.74) is 5.19. The second kappa shape index (κ2) is 6.13. The lowest BCUT2D eigenvalue weighted by atomic mass is 9.97. The number of hydrogen-bond donors (Lipinski definition) is 1. The van der Waals surface area contributed by atoms with Gasteiger partial charge in [0.05, 0.1) is 6.04 Å². The van der Waals surface area contributed by atoms with E-state index in [1.807, 2.05) is 72.3 Å². The Morgan fingerprint density at radius 1 is 1.04 bits per heavy atom. The second-order valence-corrected chi connectivity index (χ2v) is 6.76. The molecule has 0 bridgehead atoms. The fourth-order valence-electron chi connectivity index (χ4n) is 2.84. The highest BCUT2D eigenvalue weighted by atomic mass is 32.2. The summed E-state index contributed by atoms with van der Waals surface area (Å²) in [6.07, 6.45) is 0. The average molecular weight is 336 g/mol. The number of carbonyl (C=O) groups is 1. The van der Waals surface area contributed by atoms with Gasteiger partial charge >= 0.3 is 0 Å². The molecule has 0 radical (unpaired) electrons. The monoisotopic (exact) mass is 336 g/mol. The van der Waals surface area contributed by atoms with E-state index in [0.29, 0.717) is 10.7 Å². The standard InChI is InChI=1S/C18H16N4OS/c1-12-19-20-18-22(12)21-15(13-8-4-2-5-9-13)17(24-18)16(23)14-10-6-3-7-11-14/h2-11,15,17,21H,1H3. The molecule has 5 nitrogen and oxygen atoms in total. The van der Waals surface area contributed by atoms with Crippen molar-refractivity contribution in [3.8, 4) is 0 Å². The lowest BCUT2D eigenvalue weighted by Crippen LogP contribution is -2.39. The van der Waals surface area contributed by atoms with Crippen LogP contribution in [-0.2, 0) is 0 Å². The van der Waals surface area contributed by atoms with E-state index < -0.39 is 0 Å². The summed E-state index contributed by atoms with van der Waals surface area (Å²) in [4.78, 5) is 13.1. The van der Waals surface area contributed by atoms with E-state index in [2.05, 4.69) is 15.6 Å². The molecular formula is C18H16N4OS. The van der Waals surface area contributed by atoms with Gasteiger partial charge < -0.3 is 5.43 Å². The zero-order valence-electron chi connectivity index (χ0n) is 13.1. The summed E-state index contributed by atoms with van der Waals surface area (Å²) in [6, 6.07) is 19.3. The van der Waals surface area contributed by atoms with Gasteiger partial charge in [0, 0.05) is 5.56 Å². The summed E-state index contributed by atoms with van der Waals surface area (Å²) in [7, 11) is 0. The predicted octanol–water partition coefficient (Wildman–Crippen LogP) is 3.23. The van der Waals surface area contributed by atoms with Crippen molar-refractivity contribution in [2.75, 3.05) is 5.43 Å². The van der Waals surface area contributed by atoms with Crippen LogP contribution in [0.4, 0.5) is 0 Å². The molecule has 0 spiro atoms. The lowest BCUT2D eigenvalue weighted by Gasteiger charge is -2.32. The number of fused-ring (bicyclic) bond motifs is 1. The molecule has 2 atom stereocenters. The Bertz CT molecular complexity index is 863. The quantitative estimate of drug-likeness (QED) is 0.744. The molecule has 24 heavy (non-hydrogen) atoms. The van der Waals surface area contributed by atoms with Crippen LogP contribution >= 0.6 is 11.8 Å². The van der Waals surface area contributed by atoms with E-state index in [1.54, 1.807) is 0 Å². The minimum absolute atomic E-state index is 0.0915. The molecule has 2 unspecified atom stereocenters. The first kappa shape index (κ1) is 15.0. The topological polar surface area (TPSA) is 59.8 Å². The van der Waals surface area contributed by atoms with Gasteiger partial charge in [0.25, 0.3) is 0 Å². The summed E-state index contributed by atoms with van der Waals surface area (Å²) in [5, 5.41) is 8.70. The third-order valence-electron chi connectivity index (χ3n) is 4.07. The van der Waals surface area contributed by atoms with E-state index in [0.717, 1.165) is 11.4 Å². The van der Waals surface area contributed by atoms with Crippen LogP contribution in [0.25, 0.3) is 0 Å². The summed E-state index contributed by atoms with van der Waals surface area (Å²) >= 11 is 1.46. The number of ketones is 1. The second-order valence-electron chi connectivity index (χ2n) is 5.65. The highest BCUT2D eigenvalue weighted by molar-refractivity contribution is 8.00. The maximum absolute atomic E-state index is 13.1. The molecule has 1 aromatic heterocycles. The first-order chi connectivity index (χ1) is 11.7. The third kappa shape index (κ3) is 2.59. The number of aryl methyl sites for hydroxylation is 1. The molecule has 1 N–H and O–H groups in total. The molecule has 2 heterocycles. The Hall–Kier alpha value is -2.60. The number of hydrogen-bond acceptors (Lipinski definition) is 5. The van der Waals surface area contributed by atoms with E-state index in [9.17, 15) is 4.79 Å². The Morgan fingerprint density at radius 2 is 1.71 bits per heavy atom. The number of benzene rings is 2. The van der Waals surface area contributed by atoms with Crippen LogP contribution < -0.4 is 5.43 Å². The van der Waals surface area contributed by atoms with Gasteiger partial charge in [-0.25, -0.2) is 4.68 Å². The number of aromatic nitrogens is 3. The number of carbonyl (C=O) groups excluding carboxylic acids is 1. The maximum Gasteiger partial charge on any atom is 0.210 e. The van der Waals surface area contributed by atoms with Crippen LogP contribution in [0.2, 0.25) is 0 Å². The first-order valence-corrected chi connectivity index (χ1v) is 8.61. The zero-order chi connectivity index (χ0) is 16.5. The van der Waals surface area contributed by atoms with Gasteiger partial charge in [-0.3, -0.25) is 4.79 Å². The molecule has 0 saturated heterocycles. The zero-order valence-corrected chi connectivity index (χ0v) is 13.9. The molecule has 120 valence electrons. The Morgan fingerprint density at radius 3 is 2.42 bits per heavy atom. The minimum Gasteiger partial charge on any atom is -0.313 e. The maximum atomic E-state index is 13.1. The van der Waals surface area contributed by atoms with Crippen molar-refractivity contribution in [2.24, 2.45) is 0 Å². The third-order valence-corrected chi connectivity index (χ3v) is 5.29. The van der Waals surface area contributed by atoms with Crippen LogP contribution in [0, 0.1) is 6.92 Å². The normalized spacial score (nSPS) is 19.4. The molecular weight excluding hydrogens is 320 g/mol. The van der Waals surface area contributed by atoms with Gasteiger partial charge in [-0.2, -0.15) is 0 Å². The number of nitrogens with zero attached hydrogens (tertiary/aromatic N) is 3. The molecule has 0 amide bonds. The molecule has 4 rings (SSSR count). The van der Waals surface area contributed by atoms with Crippen molar-refractivity contribution in [2.45, 2.75) is 23.4 Å². The first-order valence-electron chi connectivity index (χ1n) is 7.73. The van der Waals surface area contributed by atoms with Crippen molar-refractivity contribution in [1.82, 2.24) is 14.9 Å². The Balaban J connectivity index is 1.76. The van der Waals surface area contributed by atoms with Gasteiger partial charge in [-0.15, -0.1) is 10.2 Å². The average Bonchev–Trinajstić information content (AvgIpc) is 3.02. The van der Waals surface area contributed by atoms with Crippen LogP contribution in [0.15, 0.2) is 65.8 Å². The molecule has 0 fully saturated rings. The predicted molar refractivity (Wildman–Crippen MR) is 93.7 cm³/mol. The lowest BCUT2D eigenvalue weighted by molar-refractivity contribution is 0.0980. The summed E-state index contributed by atoms with van der Waals surface area (Å²) in [6.45, 7) is 1.89. The van der Waals surface area contributed by atoms with E-state index in [-0.39, 0.29) is 17.1 Å². The highest BCUT2D eigenvalue weighted by Crippen LogP contribution is 2.38. The number of nitrogens with one attached hydrogen (secondary N) is 1. The Kier molecular flexibility index (Phi) is 3.82. The van der Waals surface area contributed by atoms with Crippen molar-refractivity contribution in [3.05, 3.63) is 77.6 Å². The van der Waals surface area contributed by atoms with E-state index >= 15 is 0 Å². The number of thioether (sulfide) groups is 1. The van der Waals surface area contributed by atoms with Crippen molar-refractivity contribution < 1.29 is 4.79 Å². The molecule has 1 aliphatic heterocycles. The van der Waals surface area contributed by atoms with Gasteiger partial charge in [-0.1, -0.05) is 72.4 Å². The SMILES string of the molecule is Cc1nnc2n1NC(c1ccccc1)C(C(=O)c1ccccc1)S2. The fraction of sp³-hybridized carbons (Fsp3) is 0.167. The number of rotatable bonds is 3. The van der Waals surface area contributed by atoms with Crippen LogP contribution in [0.5, 0.6) is 0 Å². The van der Waals surface area contributed by atoms with Crippen molar-refractivity contribution in [3.63, 3.8) is 0 Å². The number of Topliss-reactive ketones (excluding diaryl/α,β-unsaturated/α-hetero) is 1. The molecule has 0 aliphatic carbocycles. The molecule has 1 aliphatic rings.